The number of fused-ring (bicyclic) bond motifs is 6. The summed E-state index contributed by atoms with van der Waals surface area (Å²) in [7, 11) is 0. The Morgan fingerprint density at radius 2 is 1.36 bits per heavy atom. The molecule has 2 heterocycles. The van der Waals surface area contributed by atoms with Crippen molar-refractivity contribution in [2.75, 3.05) is 0 Å². The number of nitrogens with zero attached hydrogens (tertiary/aromatic N) is 2. The fourth-order valence-electron chi connectivity index (χ4n) is 7.41. The number of ether oxygens (including phenoxy) is 2. The van der Waals surface area contributed by atoms with Gasteiger partial charge in [0, 0.05) is 18.2 Å². The van der Waals surface area contributed by atoms with E-state index in [1.807, 2.05) is 42.6 Å². The number of aliphatic imine (C=N–C) groups is 1. The molecule has 2 aliphatic carbocycles. The van der Waals surface area contributed by atoms with Gasteiger partial charge in [-0.25, -0.2) is 4.99 Å². The Morgan fingerprint density at radius 3 is 2.16 bits per heavy atom. The van der Waals surface area contributed by atoms with Crippen LogP contribution in [0, 0.1) is 0 Å². The van der Waals surface area contributed by atoms with Gasteiger partial charge in [0.1, 0.15) is 23.6 Å². The molecule has 4 nitrogen and oxygen atoms in total. The molecular formula is C40H28N2O2. The normalized spacial score (nSPS) is 18.4. The Balaban J connectivity index is 1.10. The van der Waals surface area contributed by atoms with Gasteiger partial charge < -0.3 is 9.47 Å². The van der Waals surface area contributed by atoms with Crippen LogP contribution in [-0.2, 0) is 16.6 Å². The minimum atomic E-state index is -0.573. The summed E-state index contributed by atoms with van der Waals surface area (Å²) in [5.41, 5.74) is 9.97. The van der Waals surface area contributed by atoms with Crippen molar-refractivity contribution in [2.45, 2.75) is 24.0 Å². The van der Waals surface area contributed by atoms with E-state index in [-0.39, 0.29) is 12.1 Å². The highest BCUT2D eigenvalue weighted by Crippen LogP contribution is 2.55. The van der Waals surface area contributed by atoms with Gasteiger partial charge in [0.2, 0.25) is 5.90 Å². The molecular weight excluding hydrogens is 540 g/mol. The molecule has 5 aromatic carbocycles. The lowest BCUT2D eigenvalue weighted by Crippen LogP contribution is -2.29. The van der Waals surface area contributed by atoms with Crippen molar-refractivity contribution in [3.05, 3.63) is 185 Å². The molecule has 1 aromatic heterocycles. The number of benzene rings is 5. The van der Waals surface area contributed by atoms with Crippen LogP contribution in [0.5, 0.6) is 11.5 Å². The maximum atomic E-state index is 6.55. The highest BCUT2D eigenvalue weighted by atomic mass is 16.5. The van der Waals surface area contributed by atoms with E-state index in [1.165, 1.54) is 33.4 Å². The maximum absolute atomic E-state index is 6.55. The summed E-state index contributed by atoms with van der Waals surface area (Å²) < 4.78 is 12.9. The molecule has 0 N–H and O–H groups in total. The zero-order valence-corrected chi connectivity index (χ0v) is 23.9. The number of hydrogen-bond acceptors (Lipinski definition) is 4. The highest BCUT2D eigenvalue weighted by molar-refractivity contribution is 5.96. The number of hydrogen-bond donors (Lipinski definition) is 0. The van der Waals surface area contributed by atoms with E-state index in [0.717, 1.165) is 34.7 Å². The summed E-state index contributed by atoms with van der Waals surface area (Å²) in [6.07, 6.45) is 2.83. The molecule has 9 rings (SSSR count). The van der Waals surface area contributed by atoms with Crippen molar-refractivity contribution >= 4 is 5.90 Å². The molecule has 0 bridgehead atoms. The van der Waals surface area contributed by atoms with E-state index in [1.54, 1.807) is 0 Å². The van der Waals surface area contributed by atoms with Crippen LogP contribution in [0.1, 0.15) is 45.1 Å². The van der Waals surface area contributed by atoms with Gasteiger partial charge in [-0.05, 0) is 81.4 Å². The largest absolute Gasteiger partial charge is 0.471 e. The second-order valence-corrected chi connectivity index (χ2v) is 11.7. The van der Waals surface area contributed by atoms with E-state index in [2.05, 4.69) is 103 Å². The predicted molar refractivity (Wildman–Crippen MR) is 172 cm³/mol. The number of rotatable bonds is 5. The van der Waals surface area contributed by atoms with Crippen molar-refractivity contribution in [1.82, 2.24) is 4.98 Å². The predicted octanol–water partition coefficient (Wildman–Crippen LogP) is 8.68. The Hall–Kier alpha value is -5.48. The summed E-state index contributed by atoms with van der Waals surface area (Å²) in [6.45, 7) is 0. The summed E-state index contributed by atoms with van der Waals surface area (Å²) in [6, 6.07) is 48.6. The van der Waals surface area contributed by atoms with Crippen LogP contribution in [0.2, 0.25) is 0 Å². The molecule has 0 saturated heterocycles. The van der Waals surface area contributed by atoms with Crippen LogP contribution in [0.15, 0.2) is 151 Å². The van der Waals surface area contributed by atoms with Crippen LogP contribution in [0.3, 0.4) is 0 Å². The van der Waals surface area contributed by atoms with E-state index in [9.17, 15) is 0 Å². The molecule has 1 aliphatic heterocycles. The first-order chi connectivity index (χ1) is 21.8. The van der Waals surface area contributed by atoms with Gasteiger partial charge in [0.25, 0.3) is 0 Å². The minimum Gasteiger partial charge on any atom is -0.471 e. The first-order valence-corrected chi connectivity index (χ1v) is 15.1. The molecule has 44 heavy (non-hydrogen) atoms. The molecule has 0 unspecified atom stereocenters. The summed E-state index contributed by atoms with van der Waals surface area (Å²) in [5.74, 6) is 2.18. The van der Waals surface area contributed by atoms with Gasteiger partial charge >= 0.3 is 0 Å². The Labute approximate surface area is 256 Å². The van der Waals surface area contributed by atoms with E-state index in [0.29, 0.717) is 5.90 Å². The first-order valence-electron chi connectivity index (χ1n) is 15.1. The number of aromatic nitrogens is 1. The topological polar surface area (TPSA) is 43.7 Å². The molecule has 3 aliphatic rings. The van der Waals surface area contributed by atoms with Crippen molar-refractivity contribution < 1.29 is 9.47 Å². The fourth-order valence-corrected chi connectivity index (χ4v) is 7.41. The molecule has 4 heteroatoms. The van der Waals surface area contributed by atoms with Crippen molar-refractivity contribution in [1.29, 1.82) is 0 Å². The van der Waals surface area contributed by atoms with Gasteiger partial charge in [-0.3, -0.25) is 4.98 Å². The van der Waals surface area contributed by atoms with Crippen molar-refractivity contribution in [2.24, 2.45) is 4.99 Å². The third-order valence-corrected chi connectivity index (χ3v) is 9.25. The summed E-state index contributed by atoms with van der Waals surface area (Å²) >= 11 is 0. The average Bonchev–Trinajstić information content (AvgIpc) is 3.74. The first kappa shape index (κ1) is 25.1. The Bertz CT molecular complexity index is 2040. The van der Waals surface area contributed by atoms with Crippen LogP contribution in [0.25, 0.3) is 11.1 Å². The molecule has 0 spiro atoms. The summed E-state index contributed by atoms with van der Waals surface area (Å²) in [4.78, 5) is 9.94. The quantitative estimate of drug-likeness (QED) is 0.209. The lowest BCUT2D eigenvalue weighted by atomic mass is 9.70. The standard InChI is InChI=1S/C40H28N2O2/c1-2-16-31-26(11-1)24-36-38(31)42-39(44-36)27-12-9-14-29(23-27)43-30-15-10-13-28(25-30)40(37-21-7-8-22-41-37)34-19-5-3-17-32(34)33-18-4-6-20-35(33)40/h1-23,25,36,38H,24H2/t36-,38+/m0/s1. The third-order valence-electron chi connectivity index (χ3n) is 9.25. The van der Waals surface area contributed by atoms with E-state index < -0.39 is 5.41 Å². The molecule has 210 valence electrons. The smallest absolute Gasteiger partial charge is 0.217 e. The lowest BCUT2D eigenvalue weighted by molar-refractivity contribution is 0.206. The molecule has 6 aromatic rings. The molecule has 0 fully saturated rings. The van der Waals surface area contributed by atoms with Gasteiger partial charge in [-0.15, -0.1) is 0 Å². The molecule has 2 atom stereocenters. The highest BCUT2D eigenvalue weighted by Gasteiger charge is 2.47. The zero-order valence-electron chi connectivity index (χ0n) is 23.9. The monoisotopic (exact) mass is 568 g/mol. The minimum absolute atomic E-state index is 0.0578. The number of pyridine rings is 1. The van der Waals surface area contributed by atoms with Gasteiger partial charge in [-0.2, -0.15) is 0 Å². The lowest BCUT2D eigenvalue weighted by Gasteiger charge is -2.32. The zero-order chi connectivity index (χ0) is 29.1. The molecule has 0 saturated carbocycles. The van der Waals surface area contributed by atoms with Gasteiger partial charge in [-0.1, -0.05) is 97.1 Å². The SMILES string of the molecule is c1ccc(C2(c3cccc(Oc4cccc(C5=N[C@@H]6c7ccccc7C[C@@H]6O5)c4)c3)c3ccccc3-c3ccccc32)nc1. The van der Waals surface area contributed by atoms with Crippen molar-refractivity contribution in [3.63, 3.8) is 0 Å². The van der Waals surface area contributed by atoms with Gasteiger partial charge in [0.05, 0.1) is 11.1 Å². The third kappa shape index (κ3) is 3.70. The Kier molecular flexibility index (Phi) is 5.57. The van der Waals surface area contributed by atoms with Crippen LogP contribution < -0.4 is 4.74 Å². The van der Waals surface area contributed by atoms with Crippen molar-refractivity contribution in [3.8, 4) is 22.6 Å². The van der Waals surface area contributed by atoms with E-state index in [4.69, 9.17) is 19.5 Å². The van der Waals surface area contributed by atoms with Crippen LogP contribution >= 0.6 is 0 Å². The van der Waals surface area contributed by atoms with E-state index >= 15 is 0 Å². The van der Waals surface area contributed by atoms with Crippen LogP contribution in [-0.4, -0.2) is 17.0 Å². The molecule has 0 radical (unpaired) electrons. The average molecular weight is 569 g/mol. The Morgan fingerprint density at radius 1 is 0.659 bits per heavy atom. The summed E-state index contributed by atoms with van der Waals surface area (Å²) in [5, 5.41) is 0. The fraction of sp³-hybridized carbons (Fsp3) is 0.100. The maximum Gasteiger partial charge on any atom is 0.217 e. The van der Waals surface area contributed by atoms with Gasteiger partial charge in [0.15, 0.2) is 0 Å². The molecule has 0 amide bonds. The second-order valence-electron chi connectivity index (χ2n) is 11.7. The second kappa shape index (κ2) is 9.78. The van der Waals surface area contributed by atoms with Crippen LogP contribution in [0.4, 0.5) is 0 Å².